The number of carbonyl (C=O) groups excluding carboxylic acids is 2. The fourth-order valence-corrected chi connectivity index (χ4v) is 4.14. The lowest BCUT2D eigenvalue weighted by Gasteiger charge is -2.36. The Kier molecular flexibility index (Phi) is 8.79. The van der Waals surface area contributed by atoms with Gasteiger partial charge in [0.2, 0.25) is 5.91 Å². The molecule has 2 heterocycles. The third kappa shape index (κ3) is 7.33. The van der Waals surface area contributed by atoms with Crippen molar-refractivity contribution in [2.75, 3.05) is 49.5 Å². The monoisotopic (exact) mass is 522 g/mol. The number of anilines is 2. The molecule has 3 aromatic rings. The van der Waals surface area contributed by atoms with Crippen LogP contribution in [0.3, 0.4) is 0 Å². The van der Waals surface area contributed by atoms with Crippen molar-refractivity contribution in [3.8, 4) is 17.1 Å². The number of nitrogens with one attached hydrogen (secondary N) is 2. The fourth-order valence-electron chi connectivity index (χ4n) is 4.01. The largest absolute Gasteiger partial charge is 0.481 e. The smallest absolute Gasteiger partial charge is 0.263 e. The normalized spacial score (nSPS) is 14.1. The van der Waals surface area contributed by atoms with E-state index in [2.05, 4.69) is 20.5 Å². The van der Waals surface area contributed by atoms with Gasteiger partial charge >= 0.3 is 0 Å². The van der Waals surface area contributed by atoms with Crippen LogP contribution in [-0.2, 0) is 9.59 Å². The van der Waals surface area contributed by atoms with E-state index in [0.29, 0.717) is 61.7 Å². The van der Waals surface area contributed by atoms with Crippen LogP contribution in [0.25, 0.3) is 11.4 Å². The molecule has 1 aromatic heterocycles. The zero-order valence-corrected chi connectivity index (χ0v) is 21.7. The Morgan fingerprint density at radius 2 is 1.70 bits per heavy atom. The molecule has 0 radical (unpaired) electrons. The number of hydrogen-bond acceptors (Lipinski definition) is 7. The van der Waals surface area contributed by atoms with Gasteiger partial charge in [-0.1, -0.05) is 29.8 Å². The van der Waals surface area contributed by atoms with Crippen molar-refractivity contribution >= 4 is 35.1 Å². The molecule has 4 rings (SSSR count). The van der Waals surface area contributed by atoms with E-state index in [1.54, 1.807) is 19.1 Å². The van der Waals surface area contributed by atoms with Gasteiger partial charge in [0.25, 0.3) is 5.91 Å². The number of carbonyl (C=O) groups is 2. The van der Waals surface area contributed by atoms with Crippen molar-refractivity contribution in [3.05, 3.63) is 65.7 Å². The maximum atomic E-state index is 13.0. The van der Waals surface area contributed by atoms with Gasteiger partial charge in [-0.3, -0.25) is 9.59 Å². The van der Waals surface area contributed by atoms with E-state index < -0.39 is 6.10 Å². The van der Waals surface area contributed by atoms with Crippen molar-refractivity contribution in [3.63, 3.8) is 0 Å². The molecule has 1 atom stereocenters. The molecule has 10 heteroatoms. The summed E-state index contributed by atoms with van der Waals surface area (Å²) in [5, 5.41) is 6.67. The van der Waals surface area contributed by atoms with Crippen LogP contribution in [0.1, 0.15) is 13.8 Å². The molecule has 1 aliphatic rings. The number of hydrogen-bond donors (Lipinski definition) is 2. The van der Waals surface area contributed by atoms with Gasteiger partial charge < -0.3 is 25.2 Å². The summed E-state index contributed by atoms with van der Waals surface area (Å²) in [5.41, 5.74) is 0.844. The molecule has 194 valence electrons. The number of piperazine rings is 1. The van der Waals surface area contributed by atoms with Crippen LogP contribution in [-0.4, -0.2) is 72.1 Å². The first-order valence-corrected chi connectivity index (χ1v) is 12.7. The molecule has 1 fully saturated rings. The van der Waals surface area contributed by atoms with E-state index in [4.69, 9.17) is 21.3 Å². The Balaban J connectivity index is 1.44. The van der Waals surface area contributed by atoms with Gasteiger partial charge in [0.1, 0.15) is 17.4 Å². The highest BCUT2D eigenvalue weighted by Crippen LogP contribution is 2.25. The lowest BCUT2D eigenvalue weighted by Crippen LogP contribution is -2.52. The van der Waals surface area contributed by atoms with E-state index in [-0.39, 0.29) is 11.8 Å². The van der Waals surface area contributed by atoms with Crippen molar-refractivity contribution in [1.29, 1.82) is 0 Å². The van der Waals surface area contributed by atoms with Crippen molar-refractivity contribution in [2.45, 2.75) is 20.0 Å². The van der Waals surface area contributed by atoms with Crippen LogP contribution in [0, 0.1) is 0 Å². The first-order valence-electron chi connectivity index (χ1n) is 12.3. The maximum Gasteiger partial charge on any atom is 0.263 e. The number of para-hydroxylation sites is 1. The lowest BCUT2D eigenvalue weighted by atomic mass is 10.2. The maximum absolute atomic E-state index is 13.0. The average molecular weight is 523 g/mol. The lowest BCUT2D eigenvalue weighted by molar-refractivity contribution is -0.138. The molecule has 0 bridgehead atoms. The first-order chi connectivity index (χ1) is 17.9. The van der Waals surface area contributed by atoms with Gasteiger partial charge in [-0.05, 0) is 43.3 Å². The summed E-state index contributed by atoms with van der Waals surface area (Å²) >= 11 is 6.06. The minimum absolute atomic E-state index is 0.0339. The van der Waals surface area contributed by atoms with Crippen LogP contribution in [0.2, 0.25) is 5.02 Å². The summed E-state index contributed by atoms with van der Waals surface area (Å²) in [6.45, 7) is 6.66. The quantitative estimate of drug-likeness (QED) is 0.415. The molecule has 2 amide bonds. The zero-order chi connectivity index (χ0) is 26.2. The van der Waals surface area contributed by atoms with Gasteiger partial charge in [-0.2, -0.15) is 0 Å². The van der Waals surface area contributed by atoms with E-state index in [1.807, 2.05) is 53.4 Å². The van der Waals surface area contributed by atoms with E-state index in [9.17, 15) is 9.59 Å². The van der Waals surface area contributed by atoms with Crippen molar-refractivity contribution < 1.29 is 14.3 Å². The van der Waals surface area contributed by atoms with Gasteiger partial charge in [-0.15, -0.1) is 0 Å². The third-order valence-corrected chi connectivity index (χ3v) is 6.19. The zero-order valence-electron chi connectivity index (χ0n) is 21.0. The van der Waals surface area contributed by atoms with Crippen molar-refractivity contribution in [2.24, 2.45) is 0 Å². The highest BCUT2D eigenvalue weighted by Gasteiger charge is 2.27. The van der Waals surface area contributed by atoms with E-state index >= 15 is 0 Å². The van der Waals surface area contributed by atoms with Crippen LogP contribution in [0.15, 0.2) is 60.7 Å². The minimum Gasteiger partial charge on any atom is -0.481 e. The average Bonchev–Trinajstić information content (AvgIpc) is 2.91. The second kappa shape index (κ2) is 12.4. The van der Waals surface area contributed by atoms with Crippen molar-refractivity contribution in [1.82, 2.24) is 20.2 Å². The number of benzene rings is 2. The topological polar surface area (TPSA) is 99.7 Å². The van der Waals surface area contributed by atoms with Crippen LogP contribution in [0.4, 0.5) is 11.6 Å². The second-order valence-electron chi connectivity index (χ2n) is 8.74. The summed E-state index contributed by atoms with van der Waals surface area (Å²) in [7, 11) is 0. The molecule has 37 heavy (non-hydrogen) atoms. The standard InChI is InChI=1S/C27H31ClN6O3/c1-19(37-23-6-4-3-5-7-23)27(36)34-16-14-33(15-17-34)25-18-24(30-13-12-29-20(2)35)31-26(32-25)21-8-10-22(28)11-9-21/h3-11,18-19H,12-17H2,1-2H3,(H,29,35)(H,30,31,32). The highest BCUT2D eigenvalue weighted by atomic mass is 35.5. The SMILES string of the molecule is CC(=O)NCCNc1cc(N2CCN(C(=O)C(C)Oc3ccccc3)CC2)nc(-c2ccc(Cl)cc2)n1. The first kappa shape index (κ1) is 26.2. The Morgan fingerprint density at radius 1 is 1.00 bits per heavy atom. The second-order valence-corrected chi connectivity index (χ2v) is 9.17. The molecule has 0 spiro atoms. The third-order valence-electron chi connectivity index (χ3n) is 5.94. The molecule has 1 saturated heterocycles. The number of ether oxygens (including phenoxy) is 1. The summed E-state index contributed by atoms with van der Waals surface area (Å²) in [6.07, 6.45) is -0.566. The van der Waals surface area contributed by atoms with Crippen LogP contribution in [0.5, 0.6) is 5.75 Å². The Hall–Kier alpha value is -3.85. The number of amides is 2. The molecule has 2 aromatic carbocycles. The van der Waals surface area contributed by atoms with Gasteiger partial charge in [0.05, 0.1) is 0 Å². The Morgan fingerprint density at radius 3 is 2.38 bits per heavy atom. The summed E-state index contributed by atoms with van der Waals surface area (Å²) in [4.78, 5) is 37.6. The molecule has 1 aliphatic heterocycles. The predicted molar refractivity (Wildman–Crippen MR) is 145 cm³/mol. The molecule has 2 N–H and O–H groups in total. The van der Waals surface area contributed by atoms with Gasteiger partial charge in [0.15, 0.2) is 11.9 Å². The molecule has 0 saturated carbocycles. The minimum atomic E-state index is -0.566. The fraction of sp³-hybridized carbons (Fsp3) is 0.333. The molecule has 0 aliphatic carbocycles. The number of nitrogens with zero attached hydrogens (tertiary/aromatic N) is 4. The summed E-state index contributed by atoms with van der Waals surface area (Å²) in [5.74, 6) is 2.55. The number of aromatic nitrogens is 2. The van der Waals surface area contributed by atoms with Crippen LogP contribution < -0.4 is 20.3 Å². The molecule has 1 unspecified atom stereocenters. The Bertz CT molecular complexity index is 1200. The van der Waals surface area contributed by atoms with Gasteiger partial charge in [-0.25, -0.2) is 9.97 Å². The highest BCUT2D eigenvalue weighted by molar-refractivity contribution is 6.30. The summed E-state index contributed by atoms with van der Waals surface area (Å²) < 4.78 is 5.82. The van der Waals surface area contributed by atoms with Gasteiger partial charge in [0, 0.05) is 62.8 Å². The van der Waals surface area contributed by atoms with Crippen LogP contribution >= 0.6 is 11.6 Å². The molecular weight excluding hydrogens is 492 g/mol. The number of halogens is 1. The molecule has 9 nitrogen and oxygen atoms in total. The van der Waals surface area contributed by atoms with E-state index in [0.717, 1.165) is 11.4 Å². The van der Waals surface area contributed by atoms with E-state index in [1.165, 1.54) is 6.92 Å². The molecular formula is C27H31ClN6O3. The number of rotatable bonds is 9. The predicted octanol–water partition coefficient (Wildman–Crippen LogP) is 3.46. The Labute approximate surface area is 221 Å². The summed E-state index contributed by atoms with van der Waals surface area (Å²) in [6, 6.07) is 18.6.